The van der Waals surface area contributed by atoms with Gasteiger partial charge in [0.2, 0.25) is 17.7 Å². The molecule has 2 atom stereocenters. The fourth-order valence-electron chi connectivity index (χ4n) is 4.11. The molecular formula is C24H39N5O3. The van der Waals surface area contributed by atoms with Gasteiger partial charge in [-0.05, 0) is 37.3 Å². The second-order valence-corrected chi connectivity index (χ2v) is 9.50. The highest BCUT2D eigenvalue weighted by Crippen LogP contribution is 2.26. The van der Waals surface area contributed by atoms with Crippen LogP contribution in [0.25, 0.3) is 0 Å². The van der Waals surface area contributed by atoms with E-state index in [0.29, 0.717) is 19.6 Å². The molecule has 2 rings (SSSR count). The molecule has 0 aliphatic carbocycles. The van der Waals surface area contributed by atoms with Crippen molar-refractivity contribution in [2.75, 3.05) is 39.8 Å². The van der Waals surface area contributed by atoms with Crippen LogP contribution in [0.15, 0.2) is 30.3 Å². The normalized spacial score (nSPS) is 17.2. The van der Waals surface area contributed by atoms with Crippen LogP contribution in [0.2, 0.25) is 0 Å². The maximum atomic E-state index is 13.5. The zero-order valence-corrected chi connectivity index (χ0v) is 19.9. The topological polar surface area (TPSA) is 108 Å². The van der Waals surface area contributed by atoms with E-state index in [0.717, 1.165) is 24.8 Å². The van der Waals surface area contributed by atoms with E-state index in [9.17, 15) is 14.4 Å². The molecule has 8 nitrogen and oxygen atoms in total. The van der Waals surface area contributed by atoms with Crippen LogP contribution in [-0.2, 0) is 20.8 Å². The Morgan fingerprint density at radius 1 is 1.22 bits per heavy atom. The van der Waals surface area contributed by atoms with Crippen molar-refractivity contribution >= 4 is 17.7 Å². The Morgan fingerprint density at radius 2 is 1.91 bits per heavy atom. The molecule has 4 N–H and O–H groups in total. The van der Waals surface area contributed by atoms with E-state index in [1.165, 1.54) is 0 Å². The predicted molar refractivity (Wildman–Crippen MR) is 126 cm³/mol. The van der Waals surface area contributed by atoms with Gasteiger partial charge in [-0.25, -0.2) is 0 Å². The molecule has 0 saturated carbocycles. The summed E-state index contributed by atoms with van der Waals surface area (Å²) in [7, 11) is 1.70. The van der Waals surface area contributed by atoms with Crippen molar-refractivity contribution in [1.82, 2.24) is 20.4 Å². The average molecular weight is 446 g/mol. The van der Waals surface area contributed by atoms with Crippen LogP contribution in [0.4, 0.5) is 0 Å². The minimum Gasteiger partial charge on any atom is -0.343 e. The summed E-state index contributed by atoms with van der Waals surface area (Å²) in [6.45, 7) is 7.58. The molecule has 1 aliphatic rings. The average Bonchev–Trinajstić information content (AvgIpc) is 3.22. The van der Waals surface area contributed by atoms with E-state index in [2.05, 4.69) is 10.6 Å². The molecule has 0 unspecified atom stereocenters. The van der Waals surface area contributed by atoms with Crippen molar-refractivity contribution in [1.29, 1.82) is 0 Å². The van der Waals surface area contributed by atoms with Crippen LogP contribution in [0.3, 0.4) is 0 Å². The Kier molecular flexibility index (Phi) is 9.65. The van der Waals surface area contributed by atoms with Crippen LogP contribution in [0.1, 0.15) is 39.2 Å². The van der Waals surface area contributed by atoms with E-state index in [4.69, 9.17) is 5.73 Å². The zero-order chi connectivity index (χ0) is 23.7. The summed E-state index contributed by atoms with van der Waals surface area (Å²) in [6, 6.07) is 9.30. The summed E-state index contributed by atoms with van der Waals surface area (Å²) in [6.07, 6.45) is 2.44. The van der Waals surface area contributed by atoms with E-state index < -0.39 is 11.5 Å². The van der Waals surface area contributed by atoms with Gasteiger partial charge in [0.1, 0.15) is 6.04 Å². The minimum absolute atomic E-state index is 0.0554. The number of likely N-dealkylation sites (tertiary alicyclic amines) is 1. The number of nitrogens with one attached hydrogen (secondary N) is 2. The third-order valence-electron chi connectivity index (χ3n) is 5.89. The van der Waals surface area contributed by atoms with Crippen molar-refractivity contribution in [2.24, 2.45) is 11.1 Å². The van der Waals surface area contributed by atoms with Gasteiger partial charge in [0, 0.05) is 25.7 Å². The maximum absolute atomic E-state index is 13.5. The molecular weight excluding hydrogens is 406 g/mol. The van der Waals surface area contributed by atoms with Gasteiger partial charge in [-0.2, -0.15) is 0 Å². The lowest BCUT2D eigenvalue weighted by atomic mass is 9.85. The quantitative estimate of drug-likeness (QED) is 0.493. The van der Waals surface area contributed by atoms with E-state index >= 15 is 0 Å². The Balaban J connectivity index is 2.11. The highest BCUT2D eigenvalue weighted by atomic mass is 16.2. The predicted octanol–water partition coefficient (Wildman–Crippen LogP) is 0.758. The largest absolute Gasteiger partial charge is 0.343 e. The first kappa shape index (κ1) is 25.8. The Bertz CT molecular complexity index is 763. The fraction of sp³-hybridized carbons (Fsp3) is 0.625. The second kappa shape index (κ2) is 12.0. The number of hydrogen-bond acceptors (Lipinski definition) is 5. The first-order valence-corrected chi connectivity index (χ1v) is 11.4. The molecule has 0 radical (unpaired) electrons. The fourth-order valence-corrected chi connectivity index (χ4v) is 4.11. The molecule has 1 heterocycles. The van der Waals surface area contributed by atoms with E-state index in [1.54, 1.807) is 11.9 Å². The SMILES string of the molecule is CNCC(=O)N[C@H](C(=O)N1CCC[C@H]1CN(CCc1ccccc1)C(=O)CN)C(C)(C)C. The number of benzene rings is 1. The van der Waals surface area contributed by atoms with Crippen LogP contribution < -0.4 is 16.4 Å². The lowest BCUT2D eigenvalue weighted by Gasteiger charge is -2.37. The number of amides is 3. The monoisotopic (exact) mass is 445 g/mol. The first-order valence-electron chi connectivity index (χ1n) is 11.4. The molecule has 1 saturated heterocycles. The number of rotatable bonds is 10. The first-order chi connectivity index (χ1) is 15.2. The summed E-state index contributed by atoms with van der Waals surface area (Å²) < 4.78 is 0. The zero-order valence-electron chi connectivity index (χ0n) is 19.9. The number of hydrogen-bond donors (Lipinski definition) is 3. The third kappa shape index (κ3) is 7.31. The van der Waals surface area contributed by atoms with Crippen molar-refractivity contribution in [3.63, 3.8) is 0 Å². The van der Waals surface area contributed by atoms with Gasteiger partial charge in [0.05, 0.1) is 13.1 Å². The molecule has 0 aromatic heterocycles. The van der Waals surface area contributed by atoms with Crippen LogP contribution >= 0.6 is 0 Å². The van der Waals surface area contributed by atoms with Crippen LogP contribution in [-0.4, -0.2) is 79.4 Å². The van der Waals surface area contributed by atoms with Gasteiger partial charge < -0.3 is 26.2 Å². The van der Waals surface area contributed by atoms with Gasteiger partial charge in [-0.1, -0.05) is 51.1 Å². The highest BCUT2D eigenvalue weighted by molar-refractivity contribution is 5.89. The maximum Gasteiger partial charge on any atom is 0.246 e. The number of likely N-dealkylation sites (N-methyl/N-ethyl adjacent to an activating group) is 1. The van der Waals surface area contributed by atoms with Crippen molar-refractivity contribution in [2.45, 2.75) is 52.1 Å². The van der Waals surface area contributed by atoms with Crippen molar-refractivity contribution in [3.05, 3.63) is 35.9 Å². The molecule has 1 aliphatic heterocycles. The molecule has 1 fully saturated rings. The Morgan fingerprint density at radius 3 is 2.50 bits per heavy atom. The molecule has 1 aromatic carbocycles. The number of carbonyl (C=O) groups excluding carboxylic acids is 3. The summed E-state index contributed by atoms with van der Waals surface area (Å²) in [4.78, 5) is 41.9. The Labute approximate surface area is 191 Å². The van der Waals surface area contributed by atoms with Gasteiger partial charge in [0.25, 0.3) is 0 Å². The van der Waals surface area contributed by atoms with Gasteiger partial charge in [-0.15, -0.1) is 0 Å². The van der Waals surface area contributed by atoms with Gasteiger partial charge in [0.15, 0.2) is 0 Å². The summed E-state index contributed by atoms with van der Waals surface area (Å²) in [5.41, 5.74) is 6.39. The number of carbonyl (C=O) groups is 3. The smallest absolute Gasteiger partial charge is 0.246 e. The number of nitrogens with zero attached hydrogens (tertiary/aromatic N) is 2. The minimum atomic E-state index is -0.632. The van der Waals surface area contributed by atoms with Crippen molar-refractivity contribution in [3.8, 4) is 0 Å². The molecule has 0 spiro atoms. The van der Waals surface area contributed by atoms with Crippen LogP contribution in [0, 0.1) is 5.41 Å². The highest BCUT2D eigenvalue weighted by Gasteiger charge is 2.40. The molecule has 178 valence electrons. The van der Waals surface area contributed by atoms with E-state index in [-0.39, 0.29) is 36.9 Å². The summed E-state index contributed by atoms with van der Waals surface area (Å²) >= 11 is 0. The molecule has 1 aromatic rings. The van der Waals surface area contributed by atoms with Crippen LogP contribution in [0.5, 0.6) is 0 Å². The van der Waals surface area contributed by atoms with Gasteiger partial charge in [-0.3, -0.25) is 14.4 Å². The summed E-state index contributed by atoms with van der Waals surface area (Å²) in [5, 5.41) is 5.72. The summed E-state index contributed by atoms with van der Waals surface area (Å²) in [5.74, 6) is -0.415. The Hall–Kier alpha value is -2.45. The van der Waals surface area contributed by atoms with Gasteiger partial charge >= 0.3 is 0 Å². The third-order valence-corrected chi connectivity index (χ3v) is 5.89. The molecule has 32 heavy (non-hydrogen) atoms. The standard InChI is InChI=1S/C24H39N5O3/c1-24(2,3)22(27-20(30)16-26-4)23(32)29-13-8-11-19(29)17-28(21(31)15-25)14-12-18-9-6-5-7-10-18/h5-7,9-10,19,22,26H,8,11-17,25H2,1-4H3,(H,27,30)/t19-,22+/m0/s1. The van der Waals surface area contributed by atoms with E-state index in [1.807, 2.05) is 56.0 Å². The molecule has 0 bridgehead atoms. The lowest BCUT2D eigenvalue weighted by molar-refractivity contribution is -0.141. The number of nitrogens with two attached hydrogens (primary N) is 1. The second-order valence-electron chi connectivity index (χ2n) is 9.50. The molecule has 3 amide bonds. The lowest BCUT2D eigenvalue weighted by Crippen LogP contribution is -2.58. The molecule has 8 heteroatoms. The van der Waals surface area contributed by atoms with Crippen molar-refractivity contribution < 1.29 is 14.4 Å².